The zero-order chi connectivity index (χ0) is 19.2. The molecule has 1 fully saturated rings. The van der Waals surface area contributed by atoms with Crippen molar-refractivity contribution in [2.24, 2.45) is 5.92 Å². The highest BCUT2D eigenvalue weighted by atomic mass is 16.6. The monoisotopic (exact) mass is 375 g/mol. The van der Waals surface area contributed by atoms with Gasteiger partial charge in [0.2, 0.25) is 5.91 Å². The van der Waals surface area contributed by atoms with E-state index in [-0.39, 0.29) is 17.9 Å². The molecule has 27 heavy (non-hydrogen) atoms. The Hall–Kier alpha value is -2.44. The van der Waals surface area contributed by atoms with E-state index in [9.17, 15) is 9.59 Å². The fourth-order valence-electron chi connectivity index (χ4n) is 3.47. The zero-order valence-corrected chi connectivity index (χ0v) is 16.2. The summed E-state index contributed by atoms with van der Waals surface area (Å²) in [5.41, 5.74) is 0.682. The molecule has 0 saturated carbocycles. The number of amides is 3. The molecule has 1 N–H and O–H groups in total. The number of unbranched alkanes of at least 4 members (excludes halogenated alkanes) is 1. The Balaban J connectivity index is 1.49. The summed E-state index contributed by atoms with van der Waals surface area (Å²) in [4.78, 5) is 28.6. The van der Waals surface area contributed by atoms with Crippen LogP contribution in [0.15, 0.2) is 18.2 Å². The van der Waals surface area contributed by atoms with Crippen molar-refractivity contribution in [2.45, 2.75) is 32.6 Å². The summed E-state index contributed by atoms with van der Waals surface area (Å²) in [5, 5.41) is 2.91. The zero-order valence-electron chi connectivity index (χ0n) is 16.2. The van der Waals surface area contributed by atoms with Crippen molar-refractivity contribution in [1.82, 2.24) is 9.80 Å². The number of benzene rings is 1. The molecule has 7 heteroatoms. The van der Waals surface area contributed by atoms with Crippen LogP contribution in [0.2, 0.25) is 0 Å². The number of carbonyl (C=O) groups is 2. The van der Waals surface area contributed by atoms with Gasteiger partial charge in [0.1, 0.15) is 13.2 Å². The summed E-state index contributed by atoms with van der Waals surface area (Å²) in [6.07, 6.45) is 3.53. The lowest BCUT2D eigenvalue weighted by Crippen LogP contribution is -2.45. The molecule has 3 amide bonds. The highest BCUT2D eigenvalue weighted by Gasteiger charge is 2.29. The number of hydrogen-bond donors (Lipinski definition) is 1. The number of nitrogens with zero attached hydrogens (tertiary/aromatic N) is 2. The number of urea groups is 1. The molecule has 1 saturated heterocycles. The highest BCUT2D eigenvalue weighted by molar-refractivity contribution is 5.90. The largest absolute Gasteiger partial charge is 0.486 e. The Morgan fingerprint density at radius 3 is 2.59 bits per heavy atom. The second-order valence-corrected chi connectivity index (χ2v) is 7.16. The van der Waals surface area contributed by atoms with Crippen LogP contribution >= 0.6 is 0 Å². The number of ether oxygens (including phenoxy) is 2. The second kappa shape index (κ2) is 8.97. The number of anilines is 1. The molecular weight excluding hydrogens is 346 g/mol. The molecule has 0 atom stereocenters. The van der Waals surface area contributed by atoms with Gasteiger partial charge in [-0.1, -0.05) is 13.3 Å². The van der Waals surface area contributed by atoms with Crippen LogP contribution in [0.4, 0.5) is 10.5 Å². The van der Waals surface area contributed by atoms with Gasteiger partial charge in [-0.15, -0.1) is 0 Å². The lowest BCUT2D eigenvalue weighted by molar-refractivity contribution is -0.135. The summed E-state index contributed by atoms with van der Waals surface area (Å²) in [6.45, 7) is 5.17. The van der Waals surface area contributed by atoms with Crippen molar-refractivity contribution in [2.75, 3.05) is 45.2 Å². The number of carbonyl (C=O) groups excluding carboxylic acids is 2. The van der Waals surface area contributed by atoms with Crippen LogP contribution in [0.25, 0.3) is 0 Å². The van der Waals surface area contributed by atoms with Gasteiger partial charge >= 0.3 is 6.03 Å². The maximum atomic E-state index is 12.5. The van der Waals surface area contributed by atoms with Crippen LogP contribution in [-0.2, 0) is 4.79 Å². The van der Waals surface area contributed by atoms with Gasteiger partial charge in [0.15, 0.2) is 11.5 Å². The van der Waals surface area contributed by atoms with E-state index in [0.29, 0.717) is 56.3 Å². The first-order valence-electron chi connectivity index (χ1n) is 9.79. The van der Waals surface area contributed by atoms with Crippen LogP contribution in [0.5, 0.6) is 11.5 Å². The van der Waals surface area contributed by atoms with Crippen molar-refractivity contribution in [1.29, 1.82) is 0 Å². The predicted octanol–water partition coefficient (Wildman–Crippen LogP) is 2.96. The number of piperidine rings is 1. The average molecular weight is 375 g/mol. The second-order valence-electron chi connectivity index (χ2n) is 7.16. The average Bonchev–Trinajstić information content (AvgIpc) is 2.71. The minimum Gasteiger partial charge on any atom is -0.486 e. The normalized spacial score (nSPS) is 16.7. The number of rotatable bonds is 5. The third kappa shape index (κ3) is 4.84. The summed E-state index contributed by atoms with van der Waals surface area (Å²) in [6, 6.07) is 5.26. The lowest BCUT2D eigenvalue weighted by atomic mass is 9.95. The van der Waals surface area contributed by atoms with E-state index in [1.54, 1.807) is 17.0 Å². The summed E-state index contributed by atoms with van der Waals surface area (Å²) in [5.74, 6) is 1.57. The molecule has 0 spiro atoms. The predicted molar refractivity (Wildman–Crippen MR) is 103 cm³/mol. The molecule has 1 aromatic rings. The molecule has 1 aromatic carbocycles. The Kier molecular flexibility index (Phi) is 6.42. The van der Waals surface area contributed by atoms with Gasteiger partial charge in [-0.2, -0.15) is 0 Å². The fourth-order valence-corrected chi connectivity index (χ4v) is 3.47. The molecule has 0 aliphatic carbocycles. The molecule has 0 radical (unpaired) electrons. The van der Waals surface area contributed by atoms with Crippen molar-refractivity contribution < 1.29 is 19.1 Å². The SMILES string of the molecule is CCCCN(C)C(=O)C1CCN(C(=O)Nc2ccc3c(c2)OCCO3)CC1. The van der Waals surface area contributed by atoms with Crippen molar-refractivity contribution in [3.05, 3.63) is 18.2 Å². The highest BCUT2D eigenvalue weighted by Crippen LogP contribution is 2.32. The standard InChI is InChI=1S/C20H29N3O4/c1-3-4-9-22(2)19(24)15-7-10-23(11-8-15)20(25)21-16-5-6-17-18(14-16)27-13-12-26-17/h5-6,14-15H,3-4,7-13H2,1-2H3,(H,21,25). The number of fused-ring (bicyclic) bond motifs is 1. The van der Waals surface area contributed by atoms with Gasteiger partial charge in [-0.3, -0.25) is 4.79 Å². The van der Waals surface area contributed by atoms with Crippen LogP contribution in [0, 0.1) is 5.92 Å². The van der Waals surface area contributed by atoms with Gasteiger partial charge < -0.3 is 24.6 Å². The van der Waals surface area contributed by atoms with E-state index in [1.807, 2.05) is 18.0 Å². The molecule has 0 bridgehead atoms. The number of nitrogens with one attached hydrogen (secondary N) is 1. The number of likely N-dealkylation sites (tertiary alicyclic amines) is 1. The lowest BCUT2D eigenvalue weighted by Gasteiger charge is -2.33. The van der Waals surface area contributed by atoms with Crippen molar-refractivity contribution >= 4 is 17.6 Å². The maximum absolute atomic E-state index is 12.5. The van der Waals surface area contributed by atoms with E-state index in [4.69, 9.17) is 9.47 Å². The Bertz CT molecular complexity index is 671. The molecule has 2 heterocycles. The van der Waals surface area contributed by atoms with E-state index in [2.05, 4.69) is 12.2 Å². The summed E-state index contributed by atoms with van der Waals surface area (Å²) >= 11 is 0. The van der Waals surface area contributed by atoms with Crippen LogP contribution in [0.1, 0.15) is 32.6 Å². The van der Waals surface area contributed by atoms with Crippen LogP contribution < -0.4 is 14.8 Å². The van der Waals surface area contributed by atoms with Crippen LogP contribution in [0.3, 0.4) is 0 Å². The van der Waals surface area contributed by atoms with Gasteiger partial charge in [0, 0.05) is 44.4 Å². The Morgan fingerprint density at radius 2 is 1.89 bits per heavy atom. The molecule has 2 aliphatic heterocycles. The van der Waals surface area contributed by atoms with Crippen LogP contribution in [-0.4, -0.2) is 61.6 Å². The summed E-state index contributed by atoms with van der Waals surface area (Å²) < 4.78 is 11.0. The first-order chi connectivity index (χ1) is 13.1. The van der Waals surface area contributed by atoms with Crippen molar-refractivity contribution in [3.8, 4) is 11.5 Å². The van der Waals surface area contributed by atoms with Gasteiger partial charge in [0.25, 0.3) is 0 Å². The van der Waals surface area contributed by atoms with Gasteiger partial charge in [-0.05, 0) is 31.4 Å². The van der Waals surface area contributed by atoms with E-state index in [0.717, 1.165) is 19.4 Å². The third-order valence-electron chi connectivity index (χ3n) is 5.15. The third-order valence-corrected chi connectivity index (χ3v) is 5.15. The maximum Gasteiger partial charge on any atom is 0.321 e. The van der Waals surface area contributed by atoms with E-state index in [1.165, 1.54) is 0 Å². The minimum atomic E-state index is -0.142. The molecule has 148 valence electrons. The van der Waals surface area contributed by atoms with E-state index < -0.39 is 0 Å². The Morgan fingerprint density at radius 1 is 1.19 bits per heavy atom. The molecular formula is C20H29N3O4. The topological polar surface area (TPSA) is 71.1 Å². The molecule has 0 aromatic heterocycles. The minimum absolute atomic E-state index is 0.0187. The summed E-state index contributed by atoms with van der Waals surface area (Å²) in [7, 11) is 1.87. The molecule has 7 nitrogen and oxygen atoms in total. The van der Waals surface area contributed by atoms with Gasteiger partial charge in [-0.25, -0.2) is 4.79 Å². The van der Waals surface area contributed by atoms with E-state index >= 15 is 0 Å². The quantitative estimate of drug-likeness (QED) is 0.859. The molecule has 3 rings (SSSR count). The smallest absolute Gasteiger partial charge is 0.321 e. The van der Waals surface area contributed by atoms with Gasteiger partial charge in [0.05, 0.1) is 0 Å². The Labute approximate surface area is 160 Å². The first kappa shape index (κ1) is 19.3. The molecule has 0 unspecified atom stereocenters. The number of hydrogen-bond acceptors (Lipinski definition) is 4. The fraction of sp³-hybridized carbons (Fsp3) is 0.600. The first-order valence-corrected chi connectivity index (χ1v) is 9.79. The molecule has 2 aliphatic rings. The van der Waals surface area contributed by atoms with Crippen molar-refractivity contribution in [3.63, 3.8) is 0 Å².